The molecule has 1 saturated heterocycles. The molecule has 3 aliphatic rings. The van der Waals surface area contributed by atoms with Crippen molar-refractivity contribution in [2.24, 2.45) is 10.9 Å². The zero-order valence-electron chi connectivity index (χ0n) is 19.7. The first-order valence-electron chi connectivity index (χ1n) is 11.0. The van der Waals surface area contributed by atoms with Crippen molar-refractivity contribution in [3.05, 3.63) is 41.1 Å². The molecule has 0 aromatic heterocycles. The van der Waals surface area contributed by atoms with E-state index in [1.807, 2.05) is 38.1 Å². The number of aliphatic imine (C=N–C) groups is 1. The minimum Gasteiger partial charge on any atom is -0.467 e. The number of carbonyl (C=O) groups is 4. The van der Waals surface area contributed by atoms with Crippen LogP contribution in [-0.2, 0) is 38.8 Å². The second-order valence-corrected chi connectivity index (χ2v) is 8.88. The number of amides is 1. The minimum atomic E-state index is -1.08. The summed E-state index contributed by atoms with van der Waals surface area (Å²) in [6.45, 7) is 3.79. The summed E-state index contributed by atoms with van der Waals surface area (Å²) in [5.74, 6) is -2.31. The largest absolute Gasteiger partial charge is 0.467 e. The average molecular weight is 469 g/mol. The van der Waals surface area contributed by atoms with Gasteiger partial charge in [-0.25, -0.2) is 19.4 Å². The third-order valence-corrected chi connectivity index (χ3v) is 6.52. The highest BCUT2D eigenvalue weighted by molar-refractivity contribution is 6.17. The van der Waals surface area contributed by atoms with Crippen LogP contribution in [0.3, 0.4) is 0 Å². The summed E-state index contributed by atoms with van der Waals surface area (Å²) in [5.41, 5.74) is 0.102. The number of methoxy groups -OCH3 is 3. The van der Waals surface area contributed by atoms with Crippen molar-refractivity contribution in [2.45, 2.75) is 44.2 Å². The quantitative estimate of drug-likeness (QED) is 0.509. The van der Waals surface area contributed by atoms with Crippen molar-refractivity contribution in [3.63, 3.8) is 0 Å². The van der Waals surface area contributed by atoms with E-state index in [1.54, 1.807) is 0 Å². The van der Waals surface area contributed by atoms with Crippen LogP contribution in [0.2, 0.25) is 0 Å². The van der Waals surface area contributed by atoms with Crippen molar-refractivity contribution in [1.29, 1.82) is 0 Å². The van der Waals surface area contributed by atoms with Crippen molar-refractivity contribution in [2.75, 3.05) is 26.6 Å². The number of esters is 3. The Hall–Kier alpha value is -3.69. The van der Waals surface area contributed by atoms with E-state index in [9.17, 15) is 19.2 Å². The molecule has 1 N–H and O–H groups in total. The van der Waals surface area contributed by atoms with E-state index < -0.39 is 35.4 Å². The highest BCUT2D eigenvalue weighted by Gasteiger charge is 2.65. The van der Waals surface area contributed by atoms with Gasteiger partial charge in [0.2, 0.25) is 5.91 Å². The number of ether oxygens (including phenoxy) is 3. The number of rotatable bonds is 5. The summed E-state index contributed by atoms with van der Waals surface area (Å²) in [6.07, 6.45) is 0.273. The zero-order chi connectivity index (χ0) is 24.8. The highest BCUT2D eigenvalue weighted by Crippen LogP contribution is 2.55. The lowest BCUT2D eigenvalue weighted by atomic mass is 9.69. The van der Waals surface area contributed by atoms with E-state index in [1.165, 1.54) is 26.2 Å². The summed E-state index contributed by atoms with van der Waals surface area (Å²) in [6, 6.07) is 5.55. The lowest BCUT2D eigenvalue weighted by Crippen LogP contribution is -2.53. The summed E-state index contributed by atoms with van der Waals surface area (Å²) >= 11 is 0. The molecule has 10 nitrogen and oxygen atoms in total. The Balaban J connectivity index is 2.03. The number of hydrogen-bond acceptors (Lipinski definition) is 9. The van der Waals surface area contributed by atoms with Crippen LogP contribution in [-0.4, -0.2) is 68.0 Å². The average Bonchev–Trinajstić information content (AvgIpc) is 3.35. The molecule has 180 valence electrons. The van der Waals surface area contributed by atoms with Crippen molar-refractivity contribution < 1.29 is 33.4 Å². The van der Waals surface area contributed by atoms with Crippen molar-refractivity contribution in [1.82, 2.24) is 4.90 Å². The topological polar surface area (TPSA) is 124 Å². The molecule has 0 radical (unpaired) electrons. The molecule has 34 heavy (non-hydrogen) atoms. The predicted octanol–water partition coefficient (Wildman–Crippen LogP) is 1.55. The van der Waals surface area contributed by atoms with E-state index >= 15 is 0 Å². The first-order valence-corrected chi connectivity index (χ1v) is 11.0. The Morgan fingerprint density at radius 2 is 1.76 bits per heavy atom. The summed E-state index contributed by atoms with van der Waals surface area (Å²) in [7, 11) is 3.64. The molecule has 1 fully saturated rings. The SMILES string of the molecule is COC(=O)C1=C(C(=O)OC)C2Nc3ccccc3[C@@]23CC(C(=O)OC)N(C(=O)CC(C)C)C3=N1. The van der Waals surface area contributed by atoms with E-state index in [4.69, 9.17) is 14.2 Å². The first kappa shape index (κ1) is 23.5. The molecule has 3 heterocycles. The number of likely N-dealkylation sites (tertiary alicyclic amines) is 1. The maximum atomic E-state index is 13.4. The number of anilines is 1. The van der Waals surface area contributed by atoms with Gasteiger partial charge in [-0.2, -0.15) is 0 Å². The Labute approximate surface area is 196 Å². The van der Waals surface area contributed by atoms with Gasteiger partial charge in [-0.1, -0.05) is 32.0 Å². The third-order valence-electron chi connectivity index (χ3n) is 6.52. The maximum Gasteiger partial charge on any atom is 0.357 e. The molecule has 1 aromatic rings. The number of benzene rings is 1. The van der Waals surface area contributed by atoms with E-state index in [0.29, 0.717) is 5.69 Å². The van der Waals surface area contributed by atoms with E-state index in [0.717, 1.165) is 5.56 Å². The van der Waals surface area contributed by atoms with Crippen molar-refractivity contribution >= 4 is 35.3 Å². The second-order valence-electron chi connectivity index (χ2n) is 8.88. The van der Waals surface area contributed by atoms with Crippen LogP contribution in [0.5, 0.6) is 0 Å². The molecular weight excluding hydrogens is 442 g/mol. The van der Waals surface area contributed by atoms with Gasteiger partial charge < -0.3 is 19.5 Å². The van der Waals surface area contributed by atoms with Gasteiger partial charge in [0.05, 0.1) is 38.4 Å². The highest BCUT2D eigenvalue weighted by atomic mass is 16.5. The Bertz CT molecular complexity index is 1140. The summed E-state index contributed by atoms with van der Waals surface area (Å²) in [5, 5.41) is 3.31. The molecular formula is C24H27N3O7. The zero-order valence-corrected chi connectivity index (χ0v) is 19.7. The van der Waals surface area contributed by atoms with Gasteiger partial charge in [0, 0.05) is 12.1 Å². The summed E-state index contributed by atoms with van der Waals surface area (Å²) < 4.78 is 15.0. The molecule has 3 atom stereocenters. The first-order chi connectivity index (χ1) is 16.2. The third kappa shape index (κ3) is 3.27. The second kappa shape index (κ2) is 8.58. The van der Waals surface area contributed by atoms with Gasteiger partial charge in [0.1, 0.15) is 11.9 Å². The van der Waals surface area contributed by atoms with Crippen LogP contribution in [0, 0.1) is 5.92 Å². The normalized spacial score (nSPS) is 24.5. The van der Waals surface area contributed by atoms with Gasteiger partial charge in [0.15, 0.2) is 5.70 Å². The van der Waals surface area contributed by atoms with Gasteiger partial charge >= 0.3 is 17.9 Å². The number of nitrogens with zero attached hydrogens (tertiary/aromatic N) is 2. The molecule has 3 aliphatic heterocycles. The molecule has 0 saturated carbocycles. The van der Waals surface area contributed by atoms with Gasteiger partial charge in [-0.05, 0) is 24.0 Å². The molecule has 4 rings (SSSR count). The lowest BCUT2D eigenvalue weighted by molar-refractivity contribution is -0.149. The number of nitrogens with one attached hydrogen (secondary N) is 1. The Kier molecular flexibility index (Phi) is 5.93. The van der Waals surface area contributed by atoms with Gasteiger partial charge in [0.25, 0.3) is 0 Å². The molecule has 1 aromatic carbocycles. The Morgan fingerprint density at radius 1 is 1.09 bits per heavy atom. The molecule has 0 aliphatic carbocycles. The van der Waals surface area contributed by atoms with Gasteiger partial charge in [-0.3, -0.25) is 9.69 Å². The maximum absolute atomic E-state index is 13.4. The van der Waals surface area contributed by atoms with E-state index in [2.05, 4.69) is 10.3 Å². The van der Waals surface area contributed by atoms with Crippen LogP contribution < -0.4 is 5.32 Å². The van der Waals surface area contributed by atoms with Crippen LogP contribution in [0.15, 0.2) is 40.5 Å². The lowest BCUT2D eigenvalue weighted by Gasteiger charge is -2.37. The molecule has 0 bridgehead atoms. The number of amidine groups is 1. The van der Waals surface area contributed by atoms with Crippen LogP contribution in [0.25, 0.3) is 0 Å². The minimum absolute atomic E-state index is 0.0116. The predicted molar refractivity (Wildman–Crippen MR) is 121 cm³/mol. The van der Waals surface area contributed by atoms with Crippen LogP contribution in [0.1, 0.15) is 32.3 Å². The fourth-order valence-corrected chi connectivity index (χ4v) is 5.18. The molecule has 1 amide bonds. The standard InChI is InChI=1S/C24H27N3O7/c1-12(2)10-16(28)27-15(20(29)32-3)11-24-13-8-6-7-9-14(13)25-19(24)17(21(30)33-4)18(22(31)34-5)26-23(24)27/h6-9,12,15,19,25H,10-11H2,1-5H3/t15?,19?,24-/m0/s1. The number of para-hydroxylation sites is 1. The fraction of sp³-hybridized carbons (Fsp3) is 0.458. The number of carbonyl (C=O) groups excluding carboxylic acids is 4. The van der Waals surface area contributed by atoms with Crippen molar-refractivity contribution in [3.8, 4) is 0 Å². The van der Waals surface area contributed by atoms with Gasteiger partial charge in [-0.15, -0.1) is 0 Å². The smallest absolute Gasteiger partial charge is 0.357 e. The monoisotopic (exact) mass is 469 g/mol. The van der Waals surface area contributed by atoms with Crippen LogP contribution in [0.4, 0.5) is 5.69 Å². The molecule has 1 spiro atoms. The van der Waals surface area contributed by atoms with E-state index in [-0.39, 0.29) is 41.8 Å². The number of fused-ring (bicyclic) bond motifs is 1. The summed E-state index contributed by atoms with van der Waals surface area (Å²) in [4.78, 5) is 57.9. The van der Waals surface area contributed by atoms with Crippen LogP contribution >= 0.6 is 0 Å². The molecule has 10 heteroatoms. The molecule has 2 unspecified atom stereocenters. The Morgan fingerprint density at radius 3 is 2.38 bits per heavy atom. The number of hydrogen-bond donors (Lipinski definition) is 1. The fourth-order valence-electron chi connectivity index (χ4n) is 5.18.